The number of nitrogens with one attached hydrogen (secondary N) is 1. The molecule has 140 valence electrons. The number of amides is 1. The molecule has 0 aliphatic rings. The Morgan fingerprint density at radius 1 is 1.19 bits per heavy atom. The van der Waals surface area contributed by atoms with Gasteiger partial charge in [-0.25, -0.2) is 0 Å². The van der Waals surface area contributed by atoms with E-state index in [4.69, 9.17) is 4.74 Å². The first-order valence-electron chi connectivity index (χ1n) is 7.98. The second-order valence-corrected chi connectivity index (χ2v) is 5.68. The third kappa shape index (κ3) is 5.05. The zero-order chi connectivity index (χ0) is 20.0. The van der Waals surface area contributed by atoms with Crippen LogP contribution in [0.5, 0.6) is 11.5 Å². The van der Waals surface area contributed by atoms with Gasteiger partial charge in [0.15, 0.2) is 11.5 Å². The summed E-state index contributed by atoms with van der Waals surface area (Å²) in [6.07, 6.45) is 1.34. The maximum atomic E-state index is 12.5. The molecule has 0 unspecified atom stereocenters. The number of hydrogen-bond acceptors (Lipinski definition) is 4. The summed E-state index contributed by atoms with van der Waals surface area (Å²) in [6.45, 7) is 0.716. The molecule has 0 bridgehead atoms. The topological polar surface area (TPSA) is 71.3 Å². The minimum absolute atomic E-state index is 0.0662. The van der Waals surface area contributed by atoms with Gasteiger partial charge in [-0.2, -0.15) is 14.0 Å². The number of para-hydroxylation sites is 1. The molecule has 0 spiro atoms. The number of nitrogens with zero attached hydrogens (tertiary/aromatic N) is 1. The summed E-state index contributed by atoms with van der Waals surface area (Å²) in [4.78, 5) is 12.5. The van der Waals surface area contributed by atoms with Gasteiger partial charge in [-0.3, -0.25) is 4.79 Å². The molecule has 0 radical (unpaired) electrons. The summed E-state index contributed by atoms with van der Waals surface area (Å²) in [5, 5.41) is 12.1. The van der Waals surface area contributed by atoms with E-state index in [0.717, 1.165) is 11.1 Å². The standard InChI is InChI=1S/C20H18F2N2O3/c1-12-5-4-6-13(2)18(12)24-19(25)15(11-23)9-14-7-8-16(27-20(21)22)17(10-14)26-3/h4-10,20H,1-3H3,(H,24,25)/b15-9-. The Morgan fingerprint density at radius 3 is 2.41 bits per heavy atom. The number of carbonyl (C=O) groups is 1. The van der Waals surface area contributed by atoms with Crippen LogP contribution in [0.4, 0.5) is 14.5 Å². The van der Waals surface area contributed by atoms with Gasteiger partial charge in [-0.15, -0.1) is 0 Å². The fourth-order valence-electron chi connectivity index (χ4n) is 2.48. The van der Waals surface area contributed by atoms with E-state index >= 15 is 0 Å². The average molecular weight is 372 g/mol. The molecule has 2 aromatic carbocycles. The van der Waals surface area contributed by atoms with E-state index in [1.165, 1.54) is 31.4 Å². The van der Waals surface area contributed by atoms with Crippen molar-refractivity contribution in [3.8, 4) is 17.6 Å². The molecular formula is C20H18F2N2O3. The van der Waals surface area contributed by atoms with Crippen LogP contribution in [0, 0.1) is 25.2 Å². The van der Waals surface area contributed by atoms with Crippen molar-refractivity contribution in [1.29, 1.82) is 5.26 Å². The summed E-state index contributed by atoms with van der Waals surface area (Å²) < 4.78 is 34.2. The lowest BCUT2D eigenvalue weighted by Crippen LogP contribution is -2.15. The molecule has 7 heteroatoms. The number of halogens is 2. The van der Waals surface area contributed by atoms with Crippen molar-refractivity contribution >= 4 is 17.7 Å². The van der Waals surface area contributed by atoms with E-state index in [0.29, 0.717) is 11.3 Å². The molecule has 0 aromatic heterocycles. The number of aryl methyl sites for hydroxylation is 2. The van der Waals surface area contributed by atoms with E-state index in [2.05, 4.69) is 10.1 Å². The van der Waals surface area contributed by atoms with Crippen molar-refractivity contribution in [3.63, 3.8) is 0 Å². The van der Waals surface area contributed by atoms with Crippen LogP contribution in [-0.2, 0) is 4.79 Å². The lowest BCUT2D eigenvalue weighted by molar-refractivity contribution is -0.112. The van der Waals surface area contributed by atoms with Crippen molar-refractivity contribution in [2.75, 3.05) is 12.4 Å². The van der Waals surface area contributed by atoms with Gasteiger partial charge in [-0.05, 0) is 48.7 Å². The first-order valence-corrected chi connectivity index (χ1v) is 7.98. The number of carbonyl (C=O) groups excluding carboxylic acids is 1. The number of methoxy groups -OCH3 is 1. The van der Waals surface area contributed by atoms with Gasteiger partial charge in [-0.1, -0.05) is 24.3 Å². The molecule has 0 heterocycles. The molecule has 27 heavy (non-hydrogen) atoms. The monoisotopic (exact) mass is 372 g/mol. The van der Waals surface area contributed by atoms with E-state index < -0.39 is 12.5 Å². The number of hydrogen-bond donors (Lipinski definition) is 1. The highest BCUT2D eigenvalue weighted by molar-refractivity contribution is 6.10. The largest absolute Gasteiger partial charge is 0.493 e. The first kappa shape index (κ1) is 19.9. The molecule has 0 atom stereocenters. The quantitative estimate of drug-likeness (QED) is 0.600. The molecular weight excluding hydrogens is 354 g/mol. The summed E-state index contributed by atoms with van der Waals surface area (Å²) in [6, 6.07) is 11.6. The molecule has 2 aromatic rings. The Labute approximate surface area is 155 Å². The normalized spacial score (nSPS) is 11.1. The number of anilines is 1. The molecule has 2 rings (SSSR count). The van der Waals surface area contributed by atoms with E-state index in [1.807, 2.05) is 38.1 Å². The maximum absolute atomic E-state index is 12.5. The number of nitriles is 1. The number of ether oxygens (including phenoxy) is 2. The highest BCUT2D eigenvalue weighted by atomic mass is 19.3. The summed E-state index contributed by atoms with van der Waals surface area (Å²) in [7, 11) is 1.31. The molecule has 1 N–H and O–H groups in total. The van der Waals surface area contributed by atoms with Crippen LogP contribution < -0.4 is 14.8 Å². The van der Waals surface area contributed by atoms with Crippen molar-refractivity contribution < 1.29 is 23.0 Å². The minimum Gasteiger partial charge on any atom is -0.493 e. The zero-order valence-electron chi connectivity index (χ0n) is 15.0. The van der Waals surface area contributed by atoms with E-state index in [1.54, 1.807) is 0 Å². The van der Waals surface area contributed by atoms with Crippen LogP contribution >= 0.6 is 0 Å². The Morgan fingerprint density at radius 2 is 1.85 bits per heavy atom. The maximum Gasteiger partial charge on any atom is 0.387 e. The molecule has 0 saturated carbocycles. The van der Waals surface area contributed by atoms with Crippen molar-refractivity contribution in [2.45, 2.75) is 20.5 Å². The third-order valence-electron chi connectivity index (χ3n) is 3.80. The Kier molecular flexibility index (Phi) is 6.50. The summed E-state index contributed by atoms with van der Waals surface area (Å²) in [5.41, 5.74) is 2.68. The molecule has 0 aliphatic carbocycles. The fraction of sp³-hybridized carbons (Fsp3) is 0.200. The van der Waals surface area contributed by atoms with Gasteiger partial charge in [0.25, 0.3) is 5.91 Å². The van der Waals surface area contributed by atoms with Gasteiger partial charge >= 0.3 is 6.61 Å². The van der Waals surface area contributed by atoms with Crippen LogP contribution in [0.15, 0.2) is 42.0 Å². The molecule has 0 saturated heterocycles. The van der Waals surface area contributed by atoms with Crippen LogP contribution in [0.25, 0.3) is 6.08 Å². The van der Waals surface area contributed by atoms with E-state index in [9.17, 15) is 18.8 Å². The second kappa shape index (κ2) is 8.81. The van der Waals surface area contributed by atoms with Gasteiger partial charge < -0.3 is 14.8 Å². The van der Waals surface area contributed by atoms with Crippen molar-refractivity contribution in [2.24, 2.45) is 0 Å². The SMILES string of the molecule is COc1cc(/C=C(/C#N)C(=O)Nc2c(C)cccc2C)ccc1OC(F)F. The fourth-order valence-corrected chi connectivity index (χ4v) is 2.48. The third-order valence-corrected chi connectivity index (χ3v) is 3.80. The van der Waals surface area contributed by atoms with Gasteiger partial charge in [0, 0.05) is 5.69 Å². The number of rotatable bonds is 6. The summed E-state index contributed by atoms with van der Waals surface area (Å²) >= 11 is 0. The predicted molar refractivity (Wildman–Crippen MR) is 97.8 cm³/mol. The average Bonchev–Trinajstić information content (AvgIpc) is 2.63. The van der Waals surface area contributed by atoms with Crippen LogP contribution in [0.3, 0.4) is 0 Å². The molecule has 0 fully saturated rings. The smallest absolute Gasteiger partial charge is 0.387 e. The molecule has 0 aliphatic heterocycles. The van der Waals surface area contributed by atoms with Crippen LogP contribution in [-0.4, -0.2) is 19.6 Å². The highest BCUT2D eigenvalue weighted by Crippen LogP contribution is 2.30. The van der Waals surface area contributed by atoms with Gasteiger partial charge in [0.2, 0.25) is 0 Å². The Bertz CT molecular complexity index is 898. The lowest BCUT2D eigenvalue weighted by Gasteiger charge is -2.12. The number of alkyl halides is 2. The molecule has 1 amide bonds. The minimum atomic E-state index is -2.99. The molecule has 5 nitrogen and oxygen atoms in total. The van der Waals surface area contributed by atoms with Crippen LogP contribution in [0.2, 0.25) is 0 Å². The first-order chi connectivity index (χ1) is 12.8. The zero-order valence-corrected chi connectivity index (χ0v) is 15.0. The Hall–Kier alpha value is -3.40. The number of benzene rings is 2. The second-order valence-electron chi connectivity index (χ2n) is 5.68. The van der Waals surface area contributed by atoms with Crippen LogP contribution in [0.1, 0.15) is 16.7 Å². The highest BCUT2D eigenvalue weighted by Gasteiger charge is 2.14. The summed E-state index contributed by atoms with van der Waals surface area (Å²) in [5.74, 6) is -0.638. The Balaban J connectivity index is 2.30. The lowest BCUT2D eigenvalue weighted by atomic mass is 10.1. The van der Waals surface area contributed by atoms with E-state index in [-0.39, 0.29) is 17.1 Å². The van der Waals surface area contributed by atoms with Gasteiger partial charge in [0.1, 0.15) is 11.6 Å². The van der Waals surface area contributed by atoms with Crippen molar-refractivity contribution in [3.05, 3.63) is 58.7 Å². The predicted octanol–water partition coefficient (Wildman–Crippen LogP) is 4.46. The van der Waals surface area contributed by atoms with Gasteiger partial charge in [0.05, 0.1) is 7.11 Å². The van der Waals surface area contributed by atoms with Crippen molar-refractivity contribution in [1.82, 2.24) is 0 Å².